The predicted molar refractivity (Wildman–Crippen MR) is 130 cm³/mol. The zero-order valence-corrected chi connectivity index (χ0v) is 19.4. The maximum atomic E-state index is 13.1. The van der Waals surface area contributed by atoms with Gasteiger partial charge in [0.15, 0.2) is 0 Å². The number of nitrogens with zero attached hydrogens (tertiary/aromatic N) is 4. The van der Waals surface area contributed by atoms with Crippen LogP contribution in [0.1, 0.15) is 44.9 Å². The minimum absolute atomic E-state index is 0.0213. The molecule has 3 atom stereocenters. The smallest absolute Gasteiger partial charge is 0.404 e. The second-order valence-corrected chi connectivity index (χ2v) is 9.61. The van der Waals surface area contributed by atoms with Gasteiger partial charge in [0.1, 0.15) is 17.1 Å². The fourth-order valence-electron chi connectivity index (χ4n) is 5.32. The third-order valence-corrected chi connectivity index (χ3v) is 7.33. The second kappa shape index (κ2) is 9.41. The Morgan fingerprint density at radius 2 is 1.91 bits per heavy atom. The largest absolute Gasteiger partial charge is 0.465 e. The lowest BCUT2D eigenvalue weighted by atomic mass is 9.83. The summed E-state index contributed by atoms with van der Waals surface area (Å²) in [6.45, 7) is 0.532. The number of hydrogen-bond acceptors (Lipinski definition) is 7. The molecule has 3 aliphatic rings. The van der Waals surface area contributed by atoms with Gasteiger partial charge < -0.3 is 26.0 Å². The van der Waals surface area contributed by atoms with Crippen LogP contribution in [-0.2, 0) is 4.79 Å². The van der Waals surface area contributed by atoms with Gasteiger partial charge in [0.2, 0.25) is 5.91 Å². The third-order valence-electron chi connectivity index (χ3n) is 7.33. The standard InChI is InChI=1S/C25H29N7O3/c26-15-25(16-5-6-16)10-12-32(23(25)33)18-9-11-27-22(13-18)31-21-8-7-17(14-28-21)29-19-3-1-2-4-20(19)30-24(34)35/h7-9,11,13-14,16,19-20,29-30H,1-6,10,12H2,(H,34,35)(H,27,28,31)/t19-,20-,25+/m0/s1. The quantitative estimate of drug-likeness (QED) is 0.473. The van der Waals surface area contributed by atoms with E-state index in [-0.39, 0.29) is 23.9 Å². The Morgan fingerprint density at radius 1 is 1.11 bits per heavy atom. The van der Waals surface area contributed by atoms with Crippen molar-refractivity contribution < 1.29 is 14.7 Å². The molecule has 2 aromatic heterocycles. The van der Waals surface area contributed by atoms with Gasteiger partial charge in [-0.25, -0.2) is 14.8 Å². The summed E-state index contributed by atoms with van der Waals surface area (Å²) in [5.41, 5.74) is 0.660. The molecule has 0 spiro atoms. The summed E-state index contributed by atoms with van der Waals surface area (Å²) in [7, 11) is 0. The van der Waals surface area contributed by atoms with Crippen LogP contribution in [0.4, 0.5) is 27.8 Å². The van der Waals surface area contributed by atoms with E-state index in [1.165, 1.54) is 0 Å². The Balaban J connectivity index is 1.23. The van der Waals surface area contributed by atoms with E-state index in [4.69, 9.17) is 5.11 Å². The second-order valence-electron chi connectivity index (χ2n) is 9.61. The molecule has 0 radical (unpaired) electrons. The minimum atomic E-state index is -1.00. The van der Waals surface area contributed by atoms with Crippen LogP contribution in [-0.4, -0.2) is 45.7 Å². The van der Waals surface area contributed by atoms with Gasteiger partial charge in [-0.05, 0) is 56.2 Å². The van der Waals surface area contributed by atoms with E-state index in [1.807, 2.05) is 12.1 Å². The van der Waals surface area contributed by atoms with Crippen molar-refractivity contribution in [3.8, 4) is 6.07 Å². The van der Waals surface area contributed by atoms with Gasteiger partial charge in [0.05, 0.1) is 24.0 Å². The molecule has 10 heteroatoms. The maximum Gasteiger partial charge on any atom is 0.404 e. The molecule has 2 aliphatic carbocycles. The van der Waals surface area contributed by atoms with Gasteiger partial charge in [0, 0.05) is 30.5 Å². The van der Waals surface area contributed by atoms with E-state index in [2.05, 4.69) is 32.0 Å². The highest BCUT2D eigenvalue weighted by molar-refractivity contribution is 6.02. The molecule has 1 aliphatic heterocycles. The Morgan fingerprint density at radius 3 is 2.60 bits per heavy atom. The Hall–Kier alpha value is -3.87. The fourth-order valence-corrected chi connectivity index (χ4v) is 5.32. The van der Waals surface area contributed by atoms with Crippen LogP contribution in [0.3, 0.4) is 0 Å². The molecule has 5 rings (SSSR count). The SMILES string of the molecule is N#C[C@@]1(C2CC2)CCN(c2ccnc(Nc3ccc(N[C@H]4CCCC[C@@H]4NC(=O)O)cn3)c2)C1=O. The molecule has 1 saturated heterocycles. The van der Waals surface area contributed by atoms with Crippen LogP contribution in [0.25, 0.3) is 0 Å². The molecule has 35 heavy (non-hydrogen) atoms. The summed E-state index contributed by atoms with van der Waals surface area (Å²) in [6.07, 6.45) is 8.59. The first-order valence-electron chi connectivity index (χ1n) is 12.2. The van der Waals surface area contributed by atoms with Crippen molar-refractivity contribution in [2.24, 2.45) is 11.3 Å². The summed E-state index contributed by atoms with van der Waals surface area (Å²) in [6, 6.07) is 9.53. The van der Waals surface area contributed by atoms with Crippen LogP contribution in [0.15, 0.2) is 36.7 Å². The lowest BCUT2D eigenvalue weighted by Gasteiger charge is -2.32. The van der Waals surface area contributed by atoms with E-state index < -0.39 is 11.5 Å². The maximum absolute atomic E-state index is 13.1. The summed E-state index contributed by atoms with van der Waals surface area (Å²) in [5, 5.41) is 28.0. The van der Waals surface area contributed by atoms with Gasteiger partial charge in [0.25, 0.3) is 0 Å². The zero-order chi connectivity index (χ0) is 24.4. The molecule has 3 fully saturated rings. The van der Waals surface area contributed by atoms with Gasteiger partial charge in [-0.1, -0.05) is 12.8 Å². The highest BCUT2D eigenvalue weighted by Gasteiger charge is 2.56. The molecular formula is C25H29N7O3. The molecule has 0 unspecified atom stereocenters. The van der Waals surface area contributed by atoms with Crippen molar-refractivity contribution >= 4 is 35.0 Å². The molecule has 182 valence electrons. The van der Waals surface area contributed by atoms with E-state index in [0.717, 1.165) is 49.9 Å². The number of nitriles is 1. The van der Waals surface area contributed by atoms with Crippen LogP contribution < -0.4 is 20.9 Å². The van der Waals surface area contributed by atoms with E-state index in [9.17, 15) is 14.9 Å². The summed E-state index contributed by atoms with van der Waals surface area (Å²) in [4.78, 5) is 34.7. The first-order chi connectivity index (χ1) is 17.0. The number of carboxylic acid groups (broad SMARTS) is 1. The van der Waals surface area contributed by atoms with Crippen LogP contribution >= 0.6 is 0 Å². The number of hydrogen-bond donors (Lipinski definition) is 4. The van der Waals surface area contributed by atoms with Crippen molar-refractivity contribution in [3.05, 3.63) is 36.7 Å². The minimum Gasteiger partial charge on any atom is -0.465 e. The van der Waals surface area contributed by atoms with Crippen molar-refractivity contribution in [2.45, 2.75) is 57.0 Å². The summed E-state index contributed by atoms with van der Waals surface area (Å²) in [5.74, 6) is 1.24. The third kappa shape index (κ3) is 4.71. The molecule has 0 aromatic carbocycles. The molecule has 10 nitrogen and oxygen atoms in total. The molecule has 4 N–H and O–H groups in total. The summed E-state index contributed by atoms with van der Waals surface area (Å²) < 4.78 is 0. The lowest BCUT2D eigenvalue weighted by Crippen LogP contribution is -2.48. The van der Waals surface area contributed by atoms with Crippen LogP contribution in [0.2, 0.25) is 0 Å². The van der Waals surface area contributed by atoms with Crippen LogP contribution in [0.5, 0.6) is 0 Å². The number of carbonyl (C=O) groups is 2. The van der Waals surface area contributed by atoms with Gasteiger partial charge >= 0.3 is 6.09 Å². The van der Waals surface area contributed by atoms with E-state index >= 15 is 0 Å². The van der Waals surface area contributed by atoms with Crippen molar-refractivity contribution in [1.29, 1.82) is 5.26 Å². The van der Waals surface area contributed by atoms with Crippen LogP contribution in [0, 0.1) is 22.7 Å². The number of amides is 2. The zero-order valence-electron chi connectivity index (χ0n) is 19.4. The van der Waals surface area contributed by atoms with E-state index in [1.54, 1.807) is 29.4 Å². The Labute approximate surface area is 203 Å². The number of aromatic nitrogens is 2. The molecular weight excluding hydrogens is 446 g/mol. The van der Waals surface area contributed by atoms with Crippen molar-refractivity contribution in [1.82, 2.24) is 15.3 Å². The van der Waals surface area contributed by atoms with Gasteiger partial charge in [-0.15, -0.1) is 0 Å². The normalized spacial score (nSPS) is 26.1. The molecule has 2 saturated carbocycles. The number of rotatable bonds is 7. The fraction of sp³-hybridized carbons (Fsp3) is 0.480. The highest BCUT2D eigenvalue weighted by atomic mass is 16.4. The molecule has 2 amide bonds. The molecule has 2 aromatic rings. The number of carbonyl (C=O) groups excluding carboxylic acids is 1. The topological polar surface area (TPSA) is 143 Å². The first kappa shape index (κ1) is 22.9. The predicted octanol–water partition coefficient (Wildman–Crippen LogP) is 3.87. The first-order valence-corrected chi connectivity index (χ1v) is 12.2. The average Bonchev–Trinajstić information content (AvgIpc) is 3.65. The average molecular weight is 476 g/mol. The Kier molecular flexibility index (Phi) is 6.16. The van der Waals surface area contributed by atoms with E-state index in [0.29, 0.717) is 24.6 Å². The highest BCUT2D eigenvalue weighted by Crippen LogP contribution is 2.51. The monoisotopic (exact) mass is 475 g/mol. The summed E-state index contributed by atoms with van der Waals surface area (Å²) >= 11 is 0. The van der Waals surface area contributed by atoms with Gasteiger partial charge in [-0.3, -0.25) is 4.79 Å². The van der Waals surface area contributed by atoms with Crippen molar-refractivity contribution in [2.75, 3.05) is 22.1 Å². The van der Waals surface area contributed by atoms with Gasteiger partial charge in [-0.2, -0.15) is 5.26 Å². The number of anilines is 4. The van der Waals surface area contributed by atoms with Crippen molar-refractivity contribution in [3.63, 3.8) is 0 Å². The molecule has 3 heterocycles. The lowest BCUT2D eigenvalue weighted by molar-refractivity contribution is -0.123. The number of pyridine rings is 2. The Bertz CT molecular complexity index is 1140. The molecule has 0 bridgehead atoms. The number of nitrogens with one attached hydrogen (secondary N) is 3.